The van der Waals surface area contributed by atoms with E-state index < -0.39 is 0 Å². The Morgan fingerprint density at radius 2 is 2.00 bits per heavy atom. The summed E-state index contributed by atoms with van der Waals surface area (Å²) in [6.07, 6.45) is 2.09. The molecule has 20 heavy (non-hydrogen) atoms. The summed E-state index contributed by atoms with van der Waals surface area (Å²) >= 11 is 0. The zero-order valence-corrected chi connectivity index (χ0v) is 12.7. The lowest BCUT2D eigenvalue weighted by atomic mass is 9.61. The molecule has 0 amide bonds. The lowest BCUT2D eigenvalue weighted by molar-refractivity contribution is 0.0936. The summed E-state index contributed by atoms with van der Waals surface area (Å²) in [4.78, 5) is 0. The molecule has 0 aliphatic heterocycles. The number of rotatable bonds is 1. The van der Waals surface area contributed by atoms with Gasteiger partial charge in [-0.15, -0.1) is 10.2 Å². The average molecular weight is 273 g/mol. The lowest BCUT2D eigenvalue weighted by Crippen LogP contribution is -2.46. The SMILES string of the molecule is Cc1ccc2nnc(C3CCC(N)C(C)C3(C)C)n2n1. The van der Waals surface area contributed by atoms with E-state index in [2.05, 4.69) is 36.1 Å². The maximum atomic E-state index is 6.25. The van der Waals surface area contributed by atoms with Crippen molar-refractivity contribution in [2.75, 3.05) is 0 Å². The molecule has 3 rings (SSSR count). The monoisotopic (exact) mass is 273 g/mol. The van der Waals surface area contributed by atoms with E-state index in [4.69, 9.17) is 5.73 Å². The number of hydrogen-bond acceptors (Lipinski definition) is 4. The van der Waals surface area contributed by atoms with E-state index in [0.29, 0.717) is 11.8 Å². The van der Waals surface area contributed by atoms with Crippen molar-refractivity contribution in [3.63, 3.8) is 0 Å². The Kier molecular flexibility index (Phi) is 3.05. The summed E-state index contributed by atoms with van der Waals surface area (Å²) in [6.45, 7) is 8.82. The van der Waals surface area contributed by atoms with Crippen LogP contribution in [0.4, 0.5) is 0 Å². The summed E-state index contributed by atoms with van der Waals surface area (Å²) in [5.41, 5.74) is 8.16. The molecule has 1 aliphatic rings. The number of hydrogen-bond donors (Lipinski definition) is 1. The largest absolute Gasteiger partial charge is 0.327 e. The summed E-state index contributed by atoms with van der Waals surface area (Å²) < 4.78 is 1.91. The van der Waals surface area contributed by atoms with Gasteiger partial charge < -0.3 is 5.73 Å². The summed E-state index contributed by atoms with van der Waals surface area (Å²) in [6, 6.07) is 4.22. The molecule has 0 aromatic carbocycles. The molecule has 0 bridgehead atoms. The molecule has 2 N–H and O–H groups in total. The molecule has 1 fully saturated rings. The van der Waals surface area contributed by atoms with Gasteiger partial charge in [0.2, 0.25) is 0 Å². The highest BCUT2D eigenvalue weighted by atomic mass is 15.4. The third-order valence-electron chi connectivity index (χ3n) is 5.23. The van der Waals surface area contributed by atoms with Crippen molar-refractivity contribution in [2.45, 2.75) is 52.5 Å². The fourth-order valence-electron chi connectivity index (χ4n) is 3.43. The van der Waals surface area contributed by atoms with Crippen LogP contribution in [0.15, 0.2) is 12.1 Å². The van der Waals surface area contributed by atoms with Gasteiger partial charge in [-0.1, -0.05) is 20.8 Å². The van der Waals surface area contributed by atoms with E-state index in [1.807, 2.05) is 23.6 Å². The lowest BCUT2D eigenvalue weighted by Gasteiger charge is -2.46. The summed E-state index contributed by atoms with van der Waals surface area (Å²) in [5, 5.41) is 13.3. The van der Waals surface area contributed by atoms with Crippen LogP contribution < -0.4 is 5.73 Å². The minimum atomic E-state index is 0.103. The highest BCUT2D eigenvalue weighted by Crippen LogP contribution is 2.49. The molecule has 0 saturated heterocycles. The van der Waals surface area contributed by atoms with Gasteiger partial charge in [0.1, 0.15) is 0 Å². The quantitative estimate of drug-likeness (QED) is 0.865. The van der Waals surface area contributed by atoms with Gasteiger partial charge in [-0.3, -0.25) is 0 Å². The maximum absolute atomic E-state index is 6.25. The second-order valence-electron chi connectivity index (χ2n) is 6.71. The first-order chi connectivity index (χ1) is 9.41. The number of aryl methyl sites for hydroxylation is 1. The van der Waals surface area contributed by atoms with Crippen LogP contribution in [0.2, 0.25) is 0 Å². The fourth-order valence-corrected chi connectivity index (χ4v) is 3.43. The van der Waals surface area contributed by atoms with Gasteiger partial charge in [0.05, 0.1) is 5.69 Å². The first-order valence-corrected chi connectivity index (χ1v) is 7.36. The van der Waals surface area contributed by atoms with Crippen molar-refractivity contribution in [1.29, 1.82) is 0 Å². The standard InChI is InChI=1S/C15H23N5/c1-9-5-8-13-17-18-14(20(13)19-9)11-6-7-12(16)10(2)15(11,3)4/h5,8,10-12H,6-7,16H2,1-4H3. The van der Waals surface area contributed by atoms with Crippen LogP contribution in [0.3, 0.4) is 0 Å². The number of nitrogens with zero attached hydrogens (tertiary/aromatic N) is 4. The Morgan fingerprint density at radius 1 is 1.25 bits per heavy atom. The predicted molar refractivity (Wildman–Crippen MR) is 78.4 cm³/mol. The molecule has 2 aromatic rings. The van der Waals surface area contributed by atoms with Crippen LogP contribution in [0.5, 0.6) is 0 Å². The van der Waals surface area contributed by atoms with Gasteiger partial charge in [0, 0.05) is 12.0 Å². The Labute approximate surface area is 119 Å². The van der Waals surface area contributed by atoms with E-state index in [-0.39, 0.29) is 11.5 Å². The molecule has 3 atom stereocenters. The molecule has 3 unspecified atom stereocenters. The highest BCUT2D eigenvalue weighted by molar-refractivity contribution is 5.37. The molecule has 2 heterocycles. The summed E-state index contributed by atoms with van der Waals surface area (Å²) in [5.74, 6) is 1.78. The predicted octanol–water partition coefficient (Wildman–Crippen LogP) is 2.30. The normalized spacial score (nSPS) is 29.8. The second-order valence-corrected chi connectivity index (χ2v) is 6.71. The summed E-state index contributed by atoms with van der Waals surface area (Å²) in [7, 11) is 0. The first kappa shape index (κ1) is 13.5. The third kappa shape index (κ3) is 1.92. The van der Waals surface area contributed by atoms with Crippen LogP contribution in [0, 0.1) is 18.3 Å². The van der Waals surface area contributed by atoms with Crippen molar-refractivity contribution in [3.05, 3.63) is 23.7 Å². The van der Waals surface area contributed by atoms with Crippen LogP contribution in [-0.2, 0) is 0 Å². The van der Waals surface area contributed by atoms with Crippen molar-refractivity contribution in [1.82, 2.24) is 19.8 Å². The van der Waals surface area contributed by atoms with Gasteiger partial charge in [-0.25, -0.2) is 0 Å². The molecule has 0 radical (unpaired) electrons. The molecule has 1 aliphatic carbocycles. The highest BCUT2D eigenvalue weighted by Gasteiger charge is 2.44. The molecule has 0 spiro atoms. The van der Waals surface area contributed by atoms with Crippen LogP contribution >= 0.6 is 0 Å². The molecule has 1 saturated carbocycles. The molecule has 5 nitrogen and oxygen atoms in total. The third-order valence-corrected chi connectivity index (χ3v) is 5.23. The topological polar surface area (TPSA) is 69.1 Å². The van der Waals surface area contributed by atoms with Gasteiger partial charge in [0.25, 0.3) is 0 Å². The molecule has 5 heteroatoms. The fraction of sp³-hybridized carbons (Fsp3) is 0.667. The van der Waals surface area contributed by atoms with Crippen molar-refractivity contribution >= 4 is 5.65 Å². The minimum absolute atomic E-state index is 0.103. The van der Waals surface area contributed by atoms with E-state index >= 15 is 0 Å². The Morgan fingerprint density at radius 3 is 2.75 bits per heavy atom. The van der Waals surface area contributed by atoms with Crippen molar-refractivity contribution < 1.29 is 0 Å². The minimum Gasteiger partial charge on any atom is -0.327 e. The second kappa shape index (κ2) is 4.52. The van der Waals surface area contributed by atoms with Gasteiger partial charge >= 0.3 is 0 Å². The van der Waals surface area contributed by atoms with Crippen LogP contribution in [0.1, 0.15) is 51.0 Å². The molecular formula is C15H23N5. The van der Waals surface area contributed by atoms with Crippen molar-refractivity contribution in [2.24, 2.45) is 17.1 Å². The molecular weight excluding hydrogens is 250 g/mol. The number of nitrogens with two attached hydrogens (primary N) is 1. The number of aromatic nitrogens is 4. The van der Waals surface area contributed by atoms with Gasteiger partial charge in [0.15, 0.2) is 11.5 Å². The van der Waals surface area contributed by atoms with Gasteiger partial charge in [-0.2, -0.15) is 9.61 Å². The van der Waals surface area contributed by atoms with Crippen molar-refractivity contribution in [3.8, 4) is 0 Å². The molecule has 2 aromatic heterocycles. The zero-order valence-electron chi connectivity index (χ0n) is 12.7. The number of fused-ring (bicyclic) bond motifs is 1. The smallest absolute Gasteiger partial charge is 0.177 e. The van der Waals surface area contributed by atoms with E-state index in [0.717, 1.165) is 30.0 Å². The Bertz CT molecular complexity index is 630. The maximum Gasteiger partial charge on any atom is 0.177 e. The average Bonchev–Trinajstić information content (AvgIpc) is 2.79. The first-order valence-electron chi connectivity index (χ1n) is 7.36. The Hall–Kier alpha value is -1.49. The van der Waals surface area contributed by atoms with E-state index in [1.165, 1.54) is 0 Å². The van der Waals surface area contributed by atoms with Crippen LogP contribution in [-0.4, -0.2) is 25.9 Å². The molecule has 108 valence electrons. The van der Waals surface area contributed by atoms with Gasteiger partial charge in [-0.05, 0) is 43.2 Å². The Balaban J connectivity index is 2.08. The zero-order chi connectivity index (χ0) is 14.5. The van der Waals surface area contributed by atoms with E-state index in [9.17, 15) is 0 Å². The van der Waals surface area contributed by atoms with E-state index in [1.54, 1.807) is 0 Å². The van der Waals surface area contributed by atoms with Crippen LogP contribution in [0.25, 0.3) is 5.65 Å².